The van der Waals surface area contributed by atoms with Gasteiger partial charge in [0, 0.05) is 16.8 Å². The number of anilines is 1. The predicted octanol–water partition coefficient (Wildman–Crippen LogP) is 5.24. The topological polar surface area (TPSA) is 82.5 Å². The molecule has 0 fully saturated rings. The molecule has 1 unspecified atom stereocenters. The van der Waals surface area contributed by atoms with Crippen molar-refractivity contribution in [3.8, 4) is 17.2 Å². The Kier molecular flexibility index (Phi) is 6.40. The lowest BCUT2D eigenvalue weighted by atomic mass is 10.2. The summed E-state index contributed by atoms with van der Waals surface area (Å²) in [5.41, 5.74) is 2.32. The highest BCUT2D eigenvalue weighted by Crippen LogP contribution is 2.33. The number of nitrogens with one attached hydrogen (secondary N) is 1. The van der Waals surface area contributed by atoms with Crippen molar-refractivity contribution in [1.82, 2.24) is 9.55 Å². The van der Waals surface area contributed by atoms with Crippen LogP contribution in [-0.4, -0.2) is 33.9 Å². The number of aromatic nitrogens is 2. The van der Waals surface area contributed by atoms with Gasteiger partial charge in [-0.2, -0.15) is 0 Å². The van der Waals surface area contributed by atoms with Gasteiger partial charge in [0.05, 0.1) is 21.8 Å². The van der Waals surface area contributed by atoms with Gasteiger partial charge in [-0.15, -0.1) is 0 Å². The molecule has 0 radical (unpaired) electrons. The number of carbonyl (C=O) groups excluding carboxylic acids is 1. The summed E-state index contributed by atoms with van der Waals surface area (Å²) in [5, 5.41) is 3.80. The van der Waals surface area contributed by atoms with Crippen molar-refractivity contribution in [1.29, 1.82) is 0 Å². The summed E-state index contributed by atoms with van der Waals surface area (Å²) < 4.78 is 12.7. The van der Waals surface area contributed by atoms with Gasteiger partial charge in [-0.3, -0.25) is 14.2 Å². The first-order valence-corrected chi connectivity index (χ1v) is 12.3. The number of carbonyl (C=O) groups is 1. The zero-order valence-corrected chi connectivity index (χ0v) is 20.7. The van der Waals surface area contributed by atoms with Gasteiger partial charge in [-0.05, 0) is 55.8 Å². The van der Waals surface area contributed by atoms with E-state index in [0.717, 1.165) is 5.56 Å². The molecule has 0 bridgehead atoms. The Morgan fingerprint density at radius 3 is 2.69 bits per heavy atom. The van der Waals surface area contributed by atoms with Gasteiger partial charge in [0.2, 0.25) is 5.91 Å². The molecule has 0 saturated carbocycles. The largest absolute Gasteiger partial charge is 0.486 e. The summed E-state index contributed by atoms with van der Waals surface area (Å²) in [4.78, 5) is 31.3. The smallest absolute Gasteiger partial charge is 0.266 e. The minimum Gasteiger partial charge on any atom is -0.486 e. The number of rotatable bonds is 5. The first-order chi connectivity index (χ1) is 16.9. The second-order valence-electron chi connectivity index (χ2n) is 8.04. The summed E-state index contributed by atoms with van der Waals surface area (Å²) in [7, 11) is 0. The first kappa shape index (κ1) is 23.3. The Hall–Kier alpha value is -3.49. The van der Waals surface area contributed by atoms with Crippen LogP contribution >= 0.6 is 23.4 Å². The highest BCUT2D eigenvalue weighted by atomic mass is 35.5. The first-order valence-electron chi connectivity index (χ1n) is 11.1. The van der Waals surface area contributed by atoms with Crippen molar-refractivity contribution >= 4 is 45.9 Å². The second kappa shape index (κ2) is 9.64. The number of benzene rings is 3. The molecule has 2 heterocycles. The number of hydrogen-bond donors (Lipinski definition) is 1. The Bertz CT molecular complexity index is 1500. The number of halogens is 1. The lowest BCUT2D eigenvalue weighted by Crippen LogP contribution is -2.26. The fourth-order valence-electron chi connectivity index (χ4n) is 3.82. The predicted molar refractivity (Wildman–Crippen MR) is 138 cm³/mol. The molecule has 5 rings (SSSR count). The quantitative estimate of drug-likeness (QED) is 0.294. The molecule has 1 aliphatic heterocycles. The number of para-hydroxylation sites is 1. The minimum absolute atomic E-state index is 0.220. The van der Waals surface area contributed by atoms with Gasteiger partial charge >= 0.3 is 0 Å². The van der Waals surface area contributed by atoms with Gasteiger partial charge < -0.3 is 14.8 Å². The average Bonchev–Trinajstić information content (AvgIpc) is 2.86. The number of nitrogens with zero attached hydrogens (tertiary/aromatic N) is 2. The molecular weight excluding hydrogens is 486 g/mol. The molecule has 1 amide bonds. The fraction of sp³-hybridized carbons (Fsp3) is 0.192. The summed E-state index contributed by atoms with van der Waals surface area (Å²) in [6.07, 6.45) is 0. The van der Waals surface area contributed by atoms with Crippen LogP contribution in [0.15, 0.2) is 70.6 Å². The maximum Gasteiger partial charge on any atom is 0.266 e. The maximum absolute atomic E-state index is 13.5. The van der Waals surface area contributed by atoms with E-state index in [9.17, 15) is 9.59 Å². The van der Waals surface area contributed by atoms with Crippen LogP contribution in [0, 0.1) is 6.92 Å². The summed E-state index contributed by atoms with van der Waals surface area (Å²) in [6.45, 7) is 4.59. The Balaban J connectivity index is 1.49. The molecule has 0 spiro atoms. The number of thioether (sulfide) groups is 1. The van der Waals surface area contributed by atoms with Gasteiger partial charge in [0.15, 0.2) is 16.7 Å². The molecule has 0 aliphatic carbocycles. The molecule has 35 heavy (non-hydrogen) atoms. The standard InChI is InChI=1S/C26H22ClN3O4S/c1-15-19(27)7-5-9-21(15)30-25(32)18-6-3-4-8-20(18)29-26(30)35-16(2)24(31)28-17-10-11-22-23(14-17)34-13-12-33-22/h3-11,14,16H,12-13H2,1-2H3,(H,28,31). The van der Waals surface area contributed by atoms with Crippen LogP contribution in [0.4, 0.5) is 5.69 Å². The van der Waals surface area contributed by atoms with Gasteiger partial charge in [0.1, 0.15) is 13.2 Å². The van der Waals surface area contributed by atoms with Gasteiger partial charge in [-0.1, -0.05) is 41.6 Å². The molecule has 9 heteroatoms. The molecule has 3 aromatic carbocycles. The normalized spacial score (nSPS) is 13.5. The van der Waals surface area contributed by atoms with Crippen LogP contribution < -0.4 is 20.3 Å². The van der Waals surface area contributed by atoms with E-state index in [1.165, 1.54) is 16.3 Å². The highest BCUT2D eigenvalue weighted by Gasteiger charge is 2.22. The van der Waals surface area contributed by atoms with Crippen molar-refractivity contribution in [2.75, 3.05) is 18.5 Å². The molecule has 1 atom stereocenters. The van der Waals surface area contributed by atoms with Crippen LogP contribution in [0.2, 0.25) is 5.02 Å². The average molecular weight is 508 g/mol. The lowest BCUT2D eigenvalue weighted by molar-refractivity contribution is -0.115. The molecule has 4 aromatic rings. The SMILES string of the molecule is Cc1c(Cl)cccc1-n1c(SC(C)C(=O)Nc2ccc3c(c2)OCCO3)nc2ccccc2c1=O. The van der Waals surface area contributed by atoms with E-state index in [-0.39, 0.29) is 11.5 Å². The van der Waals surface area contributed by atoms with Gasteiger partial charge in [0.25, 0.3) is 5.56 Å². The number of hydrogen-bond acceptors (Lipinski definition) is 6. The zero-order chi connectivity index (χ0) is 24.5. The van der Waals surface area contributed by atoms with Crippen molar-refractivity contribution < 1.29 is 14.3 Å². The monoisotopic (exact) mass is 507 g/mol. The number of ether oxygens (including phenoxy) is 2. The van der Waals surface area contributed by atoms with Crippen LogP contribution in [0.25, 0.3) is 16.6 Å². The Labute approximate surface area is 211 Å². The van der Waals surface area contributed by atoms with Crippen LogP contribution in [0.5, 0.6) is 11.5 Å². The van der Waals surface area contributed by atoms with Gasteiger partial charge in [-0.25, -0.2) is 4.98 Å². The van der Waals surface area contributed by atoms with E-state index in [1.54, 1.807) is 55.5 Å². The highest BCUT2D eigenvalue weighted by molar-refractivity contribution is 8.00. The third-order valence-electron chi connectivity index (χ3n) is 5.69. The van der Waals surface area contributed by atoms with Crippen molar-refractivity contribution in [3.63, 3.8) is 0 Å². The maximum atomic E-state index is 13.5. The van der Waals surface area contributed by atoms with Crippen LogP contribution in [0.1, 0.15) is 12.5 Å². The molecule has 1 aromatic heterocycles. The van der Waals surface area contributed by atoms with E-state index in [1.807, 2.05) is 19.1 Å². The number of fused-ring (bicyclic) bond motifs is 2. The van der Waals surface area contributed by atoms with E-state index in [4.69, 9.17) is 26.1 Å². The van der Waals surface area contributed by atoms with Crippen molar-refractivity contribution in [3.05, 3.63) is 81.6 Å². The van der Waals surface area contributed by atoms with E-state index in [2.05, 4.69) is 5.32 Å². The number of amides is 1. The lowest BCUT2D eigenvalue weighted by Gasteiger charge is -2.20. The molecule has 178 valence electrons. The molecular formula is C26H22ClN3O4S. The molecule has 0 saturated heterocycles. The van der Waals surface area contributed by atoms with E-state index in [0.29, 0.717) is 57.2 Å². The molecule has 1 N–H and O–H groups in total. The zero-order valence-electron chi connectivity index (χ0n) is 19.1. The van der Waals surface area contributed by atoms with Crippen molar-refractivity contribution in [2.45, 2.75) is 24.3 Å². The third-order valence-corrected chi connectivity index (χ3v) is 7.15. The summed E-state index contributed by atoms with van der Waals surface area (Å²) >= 11 is 7.56. The van der Waals surface area contributed by atoms with Crippen LogP contribution in [-0.2, 0) is 4.79 Å². The Morgan fingerprint density at radius 2 is 1.86 bits per heavy atom. The van der Waals surface area contributed by atoms with Crippen LogP contribution in [0.3, 0.4) is 0 Å². The Morgan fingerprint density at radius 1 is 1.09 bits per heavy atom. The van der Waals surface area contributed by atoms with E-state index < -0.39 is 5.25 Å². The fourth-order valence-corrected chi connectivity index (χ4v) is 4.91. The molecule has 7 nitrogen and oxygen atoms in total. The van der Waals surface area contributed by atoms with E-state index >= 15 is 0 Å². The molecule has 1 aliphatic rings. The van der Waals surface area contributed by atoms with Crippen molar-refractivity contribution in [2.24, 2.45) is 0 Å². The minimum atomic E-state index is -0.554. The third kappa shape index (κ3) is 4.59. The summed E-state index contributed by atoms with van der Waals surface area (Å²) in [6, 6.07) is 17.8. The second-order valence-corrected chi connectivity index (χ2v) is 9.76. The summed E-state index contributed by atoms with van der Waals surface area (Å²) in [5.74, 6) is 1.01.